The number of H-pyrrole nitrogens is 1. The number of aromatic nitrogens is 1. The molecule has 0 radical (unpaired) electrons. The maximum atomic E-state index is 12.6. The zero-order chi connectivity index (χ0) is 16.6. The van der Waals surface area contributed by atoms with Crippen LogP contribution in [-0.4, -0.2) is 10.9 Å². The summed E-state index contributed by atoms with van der Waals surface area (Å²) in [6.45, 7) is 1.94. The van der Waals surface area contributed by atoms with Crippen LogP contribution in [0.2, 0.25) is 0 Å². The van der Waals surface area contributed by atoms with Crippen LogP contribution in [0.25, 0.3) is 10.9 Å². The van der Waals surface area contributed by atoms with Gasteiger partial charge in [-0.25, -0.2) is 0 Å². The Morgan fingerprint density at radius 1 is 1.09 bits per heavy atom. The van der Waals surface area contributed by atoms with Crippen molar-refractivity contribution in [3.05, 3.63) is 72.9 Å². The molecule has 0 atom stereocenters. The van der Waals surface area contributed by atoms with Gasteiger partial charge in [-0.05, 0) is 48.9 Å². The monoisotopic (exact) mass is 434 g/mol. The predicted molar refractivity (Wildman–Crippen MR) is 99.1 cm³/mol. The molecule has 0 aliphatic heterocycles. The highest BCUT2D eigenvalue weighted by Gasteiger charge is 2.13. The van der Waals surface area contributed by atoms with E-state index in [2.05, 4.69) is 42.2 Å². The second-order valence-electron chi connectivity index (χ2n) is 5.16. The summed E-state index contributed by atoms with van der Waals surface area (Å²) in [5.74, 6) is -0.319. The maximum Gasteiger partial charge on any atom is 0.256 e. The molecule has 0 fully saturated rings. The number of pyridine rings is 1. The molecular weight excluding hydrogens is 424 g/mol. The summed E-state index contributed by atoms with van der Waals surface area (Å²) >= 11 is 6.82. The first-order valence-corrected chi connectivity index (χ1v) is 8.43. The minimum atomic E-state index is -0.319. The Hall–Kier alpha value is -1.92. The highest BCUT2D eigenvalue weighted by atomic mass is 79.9. The van der Waals surface area contributed by atoms with Crippen LogP contribution in [0.5, 0.6) is 0 Å². The summed E-state index contributed by atoms with van der Waals surface area (Å²) in [4.78, 5) is 27.1. The average Bonchev–Trinajstić information content (AvgIpc) is 2.50. The molecule has 4 nitrogen and oxygen atoms in total. The second kappa shape index (κ2) is 6.29. The van der Waals surface area contributed by atoms with Crippen LogP contribution in [0.15, 0.2) is 56.2 Å². The largest absolute Gasteiger partial charge is 0.322 e. The number of hydrogen-bond acceptors (Lipinski definition) is 2. The van der Waals surface area contributed by atoms with Crippen molar-refractivity contribution >= 4 is 54.4 Å². The zero-order valence-electron chi connectivity index (χ0n) is 12.1. The molecule has 1 aromatic heterocycles. The number of carbonyl (C=O) groups is 1. The Bertz CT molecular complexity index is 980. The number of anilines is 1. The van der Waals surface area contributed by atoms with Gasteiger partial charge >= 0.3 is 0 Å². The molecule has 0 saturated heterocycles. The van der Waals surface area contributed by atoms with Gasteiger partial charge in [0.05, 0.1) is 5.56 Å². The van der Waals surface area contributed by atoms with E-state index in [1.54, 1.807) is 12.1 Å². The van der Waals surface area contributed by atoms with Gasteiger partial charge in [0.1, 0.15) is 0 Å². The quantitative estimate of drug-likeness (QED) is 0.617. The maximum absolute atomic E-state index is 12.6. The van der Waals surface area contributed by atoms with Crippen LogP contribution >= 0.6 is 31.9 Å². The molecule has 2 N–H and O–H groups in total. The van der Waals surface area contributed by atoms with Gasteiger partial charge in [0.15, 0.2) is 0 Å². The van der Waals surface area contributed by atoms with E-state index >= 15 is 0 Å². The van der Waals surface area contributed by atoms with E-state index in [1.807, 2.05) is 31.2 Å². The van der Waals surface area contributed by atoms with Crippen LogP contribution in [0.3, 0.4) is 0 Å². The zero-order valence-corrected chi connectivity index (χ0v) is 15.3. The van der Waals surface area contributed by atoms with Gasteiger partial charge in [-0.3, -0.25) is 9.59 Å². The number of amides is 1. The van der Waals surface area contributed by atoms with E-state index in [9.17, 15) is 9.59 Å². The van der Waals surface area contributed by atoms with Crippen molar-refractivity contribution in [2.24, 2.45) is 0 Å². The Balaban J connectivity index is 2.05. The first-order valence-electron chi connectivity index (χ1n) is 6.84. The van der Waals surface area contributed by atoms with E-state index in [1.165, 1.54) is 6.07 Å². The Morgan fingerprint density at radius 2 is 1.87 bits per heavy atom. The number of rotatable bonds is 2. The number of hydrogen-bond donors (Lipinski definition) is 2. The molecule has 1 amide bonds. The van der Waals surface area contributed by atoms with E-state index in [-0.39, 0.29) is 11.5 Å². The van der Waals surface area contributed by atoms with Crippen molar-refractivity contribution in [3.8, 4) is 0 Å². The van der Waals surface area contributed by atoms with E-state index in [0.717, 1.165) is 14.5 Å². The molecule has 0 bridgehead atoms. The lowest BCUT2D eigenvalue weighted by molar-refractivity contribution is 0.102. The van der Waals surface area contributed by atoms with Crippen molar-refractivity contribution in [3.63, 3.8) is 0 Å². The minimum Gasteiger partial charge on any atom is -0.322 e. The lowest BCUT2D eigenvalue weighted by atomic mass is 10.1. The summed E-state index contributed by atoms with van der Waals surface area (Å²) in [5.41, 5.74) is 2.35. The average molecular weight is 436 g/mol. The molecule has 3 rings (SSSR count). The number of aromatic amines is 1. The molecule has 3 aromatic rings. The third-order valence-corrected chi connectivity index (χ3v) is 4.85. The number of carbonyl (C=O) groups excluding carboxylic acids is 1. The summed E-state index contributed by atoms with van der Waals surface area (Å²) in [6, 6.07) is 12.3. The molecule has 2 aromatic carbocycles. The lowest BCUT2D eigenvalue weighted by Crippen LogP contribution is -2.17. The van der Waals surface area contributed by atoms with Gasteiger partial charge in [-0.2, -0.15) is 0 Å². The Kier molecular flexibility index (Phi) is 4.37. The molecule has 116 valence electrons. The topological polar surface area (TPSA) is 62.0 Å². The normalized spacial score (nSPS) is 10.7. The predicted octanol–water partition coefficient (Wildman–Crippen LogP) is 4.61. The fraction of sp³-hybridized carbons (Fsp3) is 0.0588. The van der Waals surface area contributed by atoms with Crippen LogP contribution in [-0.2, 0) is 0 Å². The number of fused-ring (bicyclic) bond motifs is 1. The smallest absolute Gasteiger partial charge is 0.256 e. The van der Waals surface area contributed by atoms with Crippen LogP contribution in [0, 0.1) is 6.92 Å². The SMILES string of the molecule is Cc1cc(NC(=O)c2cc(=O)[nH]c3ccc(Br)cc23)ccc1Br. The van der Waals surface area contributed by atoms with Crippen LogP contribution in [0.1, 0.15) is 15.9 Å². The van der Waals surface area contributed by atoms with Crippen molar-refractivity contribution < 1.29 is 4.79 Å². The van der Waals surface area contributed by atoms with E-state index < -0.39 is 0 Å². The van der Waals surface area contributed by atoms with Crippen molar-refractivity contribution in [2.45, 2.75) is 6.92 Å². The third kappa shape index (κ3) is 3.38. The summed E-state index contributed by atoms with van der Waals surface area (Å²) < 4.78 is 1.81. The van der Waals surface area contributed by atoms with Gasteiger partial charge in [0, 0.05) is 31.6 Å². The molecule has 0 saturated carbocycles. The summed E-state index contributed by atoms with van der Waals surface area (Å²) in [5, 5.41) is 3.52. The van der Waals surface area contributed by atoms with Gasteiger partial charge in [-0.15, -0.1) is 0 Å². The number of halogens is 2. The molecule has 6 heteroatoms. The van der Waals surface area contributed by atoms with Gasteiger partial charge < -0.3 is 10.3 Å². The summed E-state index contributed by atoms with van der Waals surface area (Å²) in [6.07, 6.45) is 0. The highest BCUT2D eigenvalue weighted by molar-refractivity contribution is 9.10. The molecule has 1 heterocycles. The van der Waals surface area contributed by atoms with Crippen LogP contribution < -0.4 is 10.9 Å². The van der Waals surface area contributed by atoms with Crippen molar-refractivity contribution in [1.82, 2.24) is 4.98 Å². The first kappa shape index (κ1) is 16.0. The van der Waals surface area contributed by atoms with Crippen molar-refractivity contribution in [1.29, 1.82) is 0 Å². The summed E-state index contributed by atoms with van der Waals surface area (Å²) in [7, 11) is 0. The van der Waals surface area contributed by atoms with E-state index in [0.29, 0.717) is 22.2 Å². The molecule has 0 spiro atoms. The number of aryl methyl sites for hydroxylation is 1. The fourth-order valence-corrected chi connectivity index (χ4v) is 2.94. The molecule has 0 aliphatic rings. The van der Waals surface area contributed by atoms with Crippen molar-refractivity contribution in [2.75, 3.05) is 5.32 Å². The fourth-order valence-electron chi connectivity index (χ4n) is 2.33. The minimum absolute atomic E-state index is 0.308. The Labute approximate surface area is 149 Å². The highest BCUT2D eigenvalue weighted by Crippen LogP contribution is 2.23. The third-order valence-electron chi connectivity index (χ3n) is 3.47. The molecular formula is C17H12Br2N2O2. The molecule has 23 heavy (non-hydrogen) atoms. The lowest BCUT2D eigenvalue weighted by Gasteiger charge is -2.09. The van der Waals surface area contributed by atoms with E-state index in [4.69, 9.17) is 0 Å². The Morgan fingerprint density at radius 3 is 2.61 bits per heavy atom. The first-order chi connectivity index (χ1) is 10.9. The molecule has 0 aliphatic carbocycles. The second-order valence-corrected chi connectivity index (χ2v) is 6.93. The number of benzene rings is 2. The van der Waals surface area contributed by atoms with Gasteiger partial charge in [0.25, 0.3) is 5.91 Å². The number of nitrogens with one attached hydrogen (secondary N) is 2. The molecule has 0 unspecified atom stereocenters. The van der Waals surface area contributed by atoms with Gasteiger partial charge in [-0.1, -0.05) is 31.9 Å². The van der Waals surface area contributed by atoms with Crippen LogP contribution in [0.4, 0.5) is 5.69 Å². The van der Waals surface area contributed by atoms with Gasteiger partial charge in [0.2, 0.25) is 5.56 Å². The standard InChI is InChI=1S/C17H12Br2N2O2/c1-9-6-11(3-4-14(9)19)20-17(23)13-8-16(22)21-15-5-2-10(18)7-12(13)15/h2-8H,1H3,(H,20,23)(H,21,22).